The second-order valence-corrected chi connectivity index (χ2v) is 7.85. The summed E-state index contributed by atoms with van der Waals surface area (Å²) in [7, 11) is 0. The van der Waals surface area contributed by atoms with Crippen molar-refractivity contribution in [3.63, 3.8) is 0 Å². The molecule has 1 fully saturated rings. The first-order chi connectivity index (χ1) is 12.8. The molecule has 0 saturated carbocycles. The Morgan fingerprint density at radius 3 is 2.85 bits per heavy atom. The van der Waals surface area contributed by atoms with Crippen LogP contribution in [0.25, 0.3) is 10.6 Å². The number of benzene rings is 1. The van der Waals surface area contributed by atoms with E-state index in [0.29, 0.717) is 12.3 Å². The third-order valence-electron chi connectivity index (χ3n) is 4.58. The first-order valence-corrected chi connectivity index (χ1v) is 10.6. The van der Waals surface area contributed by atoms with Gasteiger partial charge in [-0.05, 0) is 66.4 Å². The second-order valence-electron chi connectivity index (χ2n) is 6.21. The van der Waals surface area contributed by atoms with Crippen LogP contribution in [0.4, 0.5) is 0 Å². The second kappa shape index (κ2) is 7.60. The Labute approximate surface area is 161 Å². The van der Waals surface area contributed by atoms with Crippen LogP contribution in [0.15, 0.2) is 46.5 Å². The topological polar surface area (TPSA) is 42.4 Å². The Hall–Kier alpha value is -2.18. The van der Waals surface area contributed by atoms with Gasteiger partial charge >= 0.3 is 0 Å². The molecule has 1 aromatic carbocycles. The van der Waals surface area contributed by atoms with Gasteiger partial charge in [-0.2, -0.15) is 11.3 Å². The van der Waals surface area contributed by atoms with Crippen molar-refractivity contribution in [2.75, 3.05) is 13.2 Å². The number of carbonyl (C=O) groups excluding carboxylic acids is 1. The molecule has 1 atom stereocenters. The maximum Gasteiger partial charge on any atom is 0.273 e. The molecule has 0 radical (unpaired) electrons. The van der Waals surface area contributed by atoms with Crippen LogP contribution in [0, 0.1) is 0 Å². The average Bonchev–Trinajstić information content (AvgIpc) is 3.42. The number of hydrogen-bond donors (Lipinski definition) is 0. The number of hydrogen-bond acceptors (Lipinski definition) is 5. The van der Waals surface area contributed by atoms with Gasteiger partial charge in [0.2, 0.25) is 0 Å². The summed E-state index contributed by atoms with van der Waals surface area (Å²) in [5, 5.41) is 6.95. The number of nitrogens with zero attached hydrogens (tertiary/aromatic N) is 2. The van der Waals surface area contributed by atoms with E-state index in [1.165, 1.54) is 16.9 Å². The molecule has 134 valence electrons. The molecule has 4 nitrogen and oxygen atoms in total. The van der Waals surface area contributed by atoms with Gasteiger partial charge in [-0.3, -0.25) is 4.79 Å². The highest BCUT2D eigenvalue weighted by Crippen LogP contribution is 2.35. The number of carbonyl (C=O) groups is 1. The van der Waals surface area contributed by atoms with Crippen molar-refractivity contribution in [3.8, 4) is 16.3 Å². The smallest absolute Gasteiger partial charge is 0.273 e. The van der Waals surface area contributed by atoms with Crippen molar-refractivity contribution in [1.29, 1.82) is 0 Å². The third-order valence-corrected chi connectivity index (χ3v) is 6.17. The van der Waals surface area contributed by atoms with Crippen LogP contribution in [0.1, 0.15) is 41.9 Å². The van der Waals surface area contributed by atoms with Crippen molar-refractivity contribution in [2.45, 2.75) is 25.8 Å². The summed E-state index contributed by atoms with van der Waals surface area (Å²) in [5.74, 6) is 0.881. The minimum absolute atomic E-state index is 0.0344. The number of ether oxygens (including phenoxy) is 1. The maximum atomic E-state index is 13.0. The summed E-state index contributed by atoms with van der Waals surface area (Å²) in [6, 6.07) is 10.2. The molecule has 4 rings (SSSR count). The van der Waals surface area contributed by atoms with Crippen molar-refractivity contribution < 1.29 is 9.53 Å². The van der Waals surface area contributed by atoms with Crippen LogP contribution < -0.4 is 4.74 Å². The molecule has 1 aliphatic rings. The Balaban J connectivity index is 1.53. The Bertz CT molecular complexity index is 872. The number of likely N-dealkylation sites (tertiary alicyclic amines) is 1. The molecule has 1 aliphatic heterocycles. The summed E-state index contributed by atoms with van der Waals surface area (Å²) >= 11 is 3.19. The van der Waals surface area contributed by atoms with E-state index >= 15 is 0 Å². The first-order valence-electron chi connectivity index (χ1n) is 8.78. The van der Waals surface area contributed by atoms with Gasteiger partial charge in [0.1, 0.15) is 16.5 Å². The lowest BCUT2D eigenvalue weighted by Gasteiger charge is -2.23. The third kappa shape index (κ3) is 3.39. The maximum absolute atomic E-state index is 13.0. The molecule has 1 saturated heterocycles. The van der Waals surface area contributed by atoms with E-state index in [1.807, 2.05) is 41.5 Å². The average molecular weight is 385 g/mol. The Kier molecular flexibility index (Phi) is 5.04. The van der Waals surface area contributed by atoms with Gasteiger partial charge in [0.15, 0.2) is 0 Å². The van der Waals surface area contributed by atoms with Crippen molar-refractivity contribution in [2.24, 2.45) is 0 Å². The van der Waals surface area contributed by atoms with Gasteiger partial charge in [-0.25, -0.2) is 4.98 Å². The quantitative estimate of drug-likeness (QED) is 0.603. The molecular formula is C20H20N2O2S2. The lowest BCUT2D eigenvalue weighted by Crippen LogP contribution is -2.30. The highest BCUT2D eigenvalue weighted by Gasteiger charge is 2.31. The van der Waals surface area contributed by atoms with Gasteiger partial charge in [-0.1, -0.05) is 0 Å². The normalized spacial score (nSPS) is 16.8. The van der Waals surface area contributed by atoms with E-state index in [2.05, 4.69) is 21.8 Å². The van der Waals surface area contributed by atoms with Crippen LogP contribution in [0.2, 0.25) is 0 Å². The molecule has 3 aromatic rings. The molecule has 0 bridgehead atoms. The molecular weight excluding hydrogens is 364 g/mol. The zero-order valence-corrected chi connectivity index (χ0v) is 16.2. The lowest BCUT2D eigenvalue weighted by atomic mass is 10.1. The molecule has 26 heavy (non-hydrogen) atoms. The zero-order valence-electron chi connectivity index (χ0n) is 14.6. The minimum Gasteiger partial charge on any atom is -0.494 e. The van der Waals surface area contributed by atoms with Gasteiger partial charge in [0.05, 0.1) is 12.6 Å². The van der Waals surface area contributed by atoms with Gasteiger partial charge < -0.3 is 9.64 Å². The number of aromatic nitrogens is 1. The van der Waals surface area contributed by atoms with E-state index in [-0.39, 0.29) is 11.9 Å². The van der Waals surface area contributed by atoms with Gasteiger partial charge in [0, 0.05) is 17.5 Å². The summed E-state index contributed by atoms with van der Waals surface area (Å²) < 4.78 is 5.48. The van der Waals surface area contributed by atoms with Crippen molar-refractivity contribution in [1.82, 2.24) is 9.88 Å². The van der Waals surface area contributed by atoms with E-state index in [1.54, 1.807) is 11.3 Å². The summed E-state index contributed by atoms with van der Waals surface area (Å²) in [6.45, 7) is 3.42. The predicted molar refractivity (Wildman–Crippen MR) is 106 cm³/mol. The number of thiazole rings is 1. The van der Waals surface area contributed by atoms with Crippen LogP contribution in [-0.4, -0.2) is 28.9 Å². The lowest BCUT2D eigenvalue weighted by molar-refractivity contribution is 0.0731. The highest BCUT2D eigenvalue weighted by molar-refractivity contribution is 7.13. The van der Waals surface area contributed by atoms with E-state index in [9.17, 15) is 4.79 Å². The summed E-state index contributed by atoms with van der Waals surface area (Å²) in [5.41, 5.74) is 2.79. The molecule has 2 aromatic heterocycles. The number of rotatable bonds is 5. The summed E-state index contributed by atoms with van der Waals surface area (Å²) in [4.78, 5) is 19.6. The van der Waals surface area contributed by atoms with E-state index < -0.39 is 0 Å². The monoisotopic (exact) mass is 384 g/mol. The van der Waals surface area contributed by atoms with E-state index in [0.717, 1.165) is 35.7 Å². The number of amides is 1. The fraction of sp³-hybridized carbons (Fsp3) is 0.300. The van der Waals surface area contributed by atoms with Gasteiger partial charge in [-0.15, -0.1) is 11.3 Å². The zero-order chi connectivity index (χ0) is 17.9. The van der Waals surface area contributed by atoms with Crippen LogP contribution in [0.3, 0.4) is 0 Å². The molecule has 1 amide bonds. The Morgan fingerprint density at radius 2 is 2.12 bits per heavy atom. The highest BCUT2D eigenvalue weighted by atomic mass is 32.1. The van der Waals surface area contributed by atoms with Crippen LogP contribution >= 0.6 is 22.7 Å². The fourth-order valence-corrected chi connectivity index (χ4v) is 4.84. The van der Waals surface area contributed by atoms with Crippen LogP contribution in [-0.2, 0) is 0 Å². The van der Waals surface area contributed by atoms with Gasteiger partial charge in [0.25, 0.3) is 5.91 Å². The first kappa shape index (κ1) is 17.2. The van der Waals surface area contributed by atoms with Crippen LogP contribution in [0.5, 0.6) is 5.75 Å². The molecule has 0 aliphatic carbocycles. The largest absolute Gasteiger partial charge is 0.494 e. The minimum atomic E-state index is 0.0344. The standard InChI is InChI=1S/C20H20N2O2S2/c1-2-24-16-7-5-14(6-8-16)19-21-17(13-26-19)20(23)22-10-3-4-18(22)15-9-11-25-12-15/h5-9,11-13,18H,2-4,10H2,1H3. The molecule has 3 heterocycles. The number of thiophene rings is 1. The van der Waals surface area contributed by atoms with Crippen molar-refractivity contribution >= 4 is 28.6 Å². The summed E-state index contributed by atoms with van der Waals surface area (Å²) in [6.07, 6.45) is 2.07. The predicted octanol–water partition coefficient (Wildman–Crippen LogP) is 5.25. The Morgan fingerprint density at radius 1 is 1.27 bits per heavy atom. The fourth-order valence-electron chi connectivity index (χ4n) is 3.33. The molecule has 0 N–H and O–H groups in total. The van der Waals surface area contributed by atoms with Crippen molar-refractivity contribution in [3.05, 3.63) is 57.7 Å². The molecule has 1 unspecified atom stereocenters. The van der Waals surface area contributed by atoms with E-state index in [4.69, 9.17) is 4.74 Å². The SMILES string of the molecule is CCOc1ccc(-c2nc(C(=O)N3CCCC3c3ccsc3)cs2)cc1. The molecule has 0 spiro atoms. The molecule has 6 heteroatoms.